The minimum atomic E-state index is -4.57. The summed E-state index contributed by atoms with van der Waals surface area (Å²) in [4.78, 5) is 25.4. The standard InChI is InChI=1S/C17H23F3N2O3/c1-12-7-13(2)9-14(8-12)25-6-5-15(23)22(11-17(18,19)20)10-16(24)21(3)4/h7-9H,5-6,10-11H2,1-4H3. The summed E-state index contributed by atoms with van der Waals surface area (Å²) in [5.74, 6) is -0.804. The molecule has 1 aromatic carbocycles. The smallest absolute Gasteiger partial charge is 0.406 e. The van der Waals surface area contributed by atoms with Crippen LogP contribution in [0.3, 0.4) is 0 Å². The molecule has 0 aromatic heterocycles. The molecular formula is C17H23F3N2O3. The predicted octanol–water partition coefficient (Wildman–Crippen LogP) is 2.55. The van der Waals surface area contributed by atoms with Crippen molar-refractivity contribution in [3.05, 3.63) is 29.3 Å². The lowest BCUT2D eigenvalue weighted by Crippen LogP contribution is -2.45. The molecule has 0 unspecified atom stereocenters. The van der Waals surface area contributed by atoms with Gasteiger partial charge in [-0.15, -0.1) is 0 Å². The van der Waals surface area contributed by atoms with E-state index in [0.717, 1.165) is 16.0 Å². The molecule has 0 heterocycles. The number of benzene rings is 1. The summed E-state index contributed by atoms with van der Waals surface area (Å²) in [6.45, 7) is 1.64. The Bertz CT molecular complexity index is 595. The van der Waals surface area contributed by atoms with Crippen LogP contribution in [0.25, 0.3) is 0 Å². The molecule has 1 rings (SSSR count). The average molecular weight is 360 g/mol. The Balaban J connectivity index is 2.65. The van der Waals surface area contributed by atoms with E-state index in [1.54, 1.807) is 12.1 Å². The molecule has 8 heteroatoms. The number of halogens is 3. The van der Waals surface area contributed by atoms with Crippen LogP contribution in [0.4, 0.5) is 13.2 Å². The molecular weight excluding hydrogens is 337 g/mol. The van der Waals surface area contributed by atoms with Crippen molar-refractivity contribution in [3.8, 4) is 5.75 Å². The van der Waals surface area contributed by atoms with E-state index in [1.165, 1.54) is 14.1 Å². The van der Waals surface area contributed by atoms with Crippen molar-refractivity contribution in [1.82, 2.24) is 9.80 Å². The van der Waals surface area contributed by atoms with Crippen molar-refractivity contribution in [2.45, 2.75) is 26.4 Å². The SMILES string of the molecule is Cc1cc(C)cc(OCCC(=O)N(CC(=O)N(C)C)CC(F)(F)F)c1. The molecule has 0 N–H and O–H groups in total. The first-order chi connectivity index (χ1) is 11.5. The molecule has 0 aliphatic heterocycles. The zero-order chi connectivity index (χ0) is 19.2. The molecule has 0 atom stereocenters. The van der Waals surface area contributed by atoms with Gasteiger partial charge in [0, 0.05) is 14.1 Å². The number of alkyl halides is 3. The topological polar surface area (TPSA) is 49.9 Å². The molecule has 0 aliphatic carbocycles. The number of rotatable bonds is 7. The lowest BCUT2D eigenvalue weighted by atomic mass is 10.1. The third-order valence-corrected chi connectivity index (χ3v) is 3.33. The number of nitrogens with zero attached hydrogens (tertiary/aromatic N) is 2. The van der Waals surface area contributed by atoms with Gasteiger partial charge in [0.15, 0.2) is 0 Å². The van der Waals surface area contributed by atoms with E-state index in [1.807, 2.05) is 19.9 Å². The second kappa shape index (κ2) is 8.73. The number of aryl methyl sites for hydroxylation is 2. The Labute approximate surface area is 145 Å². The number of carbonyl (C=O) groups excluding carboxylic acids is 2. The third kappa shape index (κ3) is 7.91. The van der Waals surface area contributed by atoms with Crippen molar-refractivity contribution in [1.29, 1.82) is 0 Å². The zero-order valence-electron chi connectivity index (χ0n) is 14.8. The first-order valence-electron chi connectivity index (χ1n) is 7.73. The van der Waals surface area contributed by atoms with Crippen molar-refractivity contribution >= 4 is 11.8 Å². The fourth-order valence-electron chi connectivity index (χ4n) is 2.18. The van der Waals surface area contributed by atoms with E-state index in [0.29, 0.717) is 10.6 Å². The number of amides is 2. The van der Waals surface area contributed by atoms with Crippen LogP contribution in [0, 0.1) is 13.8 Å². The molecule has 0 fully saturated rings. The predicted molar refractivity (Wildman–Crippen MR) is 87.4 cm³/mol. The van der Waals surface area contributed by atoms with E-state index in [4.69, 9.17) is 4.74 Å². The largest absolute Gasteiger partial charge is 0.493 e. The van der Waals surface area contributed by atoms with Gasteiger partial charge in [0.25, 0.3) is 0 Å². The van der Waals surface area contributed by atoms with E-state index in [-0.39, 0.29) is 13.0 Å². The fraction of sp³-hybridized carbons (Fsp3) is 0.529. The summed E-state index contributed by atoms with van der Waals surface area (Å²) < 4.78 is 43.4. The van der Waals surface area contributed by atoms with Gasteiger partial charge >= 0.3 is 6.18 Å². The van der Waals surface area contributed by atoms with Crippen LogP contribution in [0.5, 0.6) is 5.75 Å². The van der Waals surface area contributed by atoms with Gasteiger partial charge in [-0.05, 0) is 37.1 Å². The van der Waals surface area contributed by atoms with Crippen LogP contribution < -0.4 is 4.74 Å². The van der Waals surface area contributed by atoms with Gasteiger partial charge in [-0.25, -0.2) is 0 Å². The van der Waals surface area contributed by atoms with Gasteiger partial charge < -0.3 is 14.5 Å². The molecule has 0 saturated heterocycles. The molecule has 5 nitrogen and oxygen atoms in total. The maximum absolute atomic E-state index is 12.6. The van der Waals surface area contributed by atoms with Gasteiger partial charge in [-0.1, -0.05) is 6.07 Å². The minimum absolute atomic E-state index is 0.0633. The highest BCUT2D eigenvalue weighted by molar-refractivity contribution is 5.84. The van der Waals surface area contributed by atoms with Gasteiger partial charge in [-0.3, -0.25) is 9.59 Å². The lowest BCUT2D eigenvalue weighted by Gasteiger charge is -2.25. The third-order valence-electron chi connectivity index (χ3n) is 3.33. The maximum atomic E-state index is 12.6. The summed E-state index contributed by atoms with van der Waals surface area (Å²) in [6, 6.07) is 5.51. The molecule has 2 amide bonds. The minimum Gasteiger partial charge on any atom is -0.493 e. The van der Waals surface area contributed by atoms with Gasteiger partial charge in [0.05, 0.1) is 13.0 Å². The second-order valence-corrected chi connectivity index (χ2v) is 6.08. The van der Waals surface area contributed by atoms with Crippen LogP contribution in [0.1, 0.15) is 17.5 Å². The van der Waals surface area contributed by atoms with E-state index in [2.05, 4.69) is 0 Å². The number of likely N-dealkylation sites (N-methyl/N-ethyl adjacent to an activating group) is 1. The Morgan fingerprint density at radius 2 is 1.60 bits per heavy atom. The van der Waals surface area contributed by atoms with Crippen molar-refractivity contribution < 1.29 is 27.5 Å². The van der Waals surface area contributed by atoms with E-state index in [9.17, 15) is 22.8 Å². The number of carbonyl (C=O) groups is 2. The fourth-order valence-corrected chi connectivity index (χ4v) is 2.18. The van der Waals surface area contributed by atoms with Crippen molar-refractivity contribution in [3.63, 3.8) is 0 Å². The first-order valence-corrected chi connectivity index (χ1v) is 7.73. The lowest BCUT2D eigenvalue weighted by molar-refractivity contribution is -0.164. The Kier molecular flexibility index (Phi) is 7.26. The number of hydrogen-bond donors (Lipinski definition) is 0. The average Bonchev–Trinajstić information content (AvgIpc) is 2.43. The second-order valence-electron chi connectivity index (χ2n) is 6.08. The van der Waals surface area contributed by atoms with E-state index >= 15 is 0 Å². The number of hydrogen-bond acceptors (Lipinski definition) is 3. The summed E-state index contributed by atoms with van der Waals surface area (Å²) in [7, 11) is 2.84. The van der Waals surface area contributed by atoms with Crippen molar-refractivity contribution in [2.75, 3.05) is 33.8 Å². The highest BCUT2D eigenvalue weighted by atomic mass is 19.4. The van der Waals surface area contributed by atoms with Gasteiger partial charge in [-0.2, -0.15) is 13.2 Å². The molecule has 0 bridgehead atoms. The molecule has 0 radical (unpaired) electrons. The van der Waals surface area contributed by atoms with Crippen LogP contribution >= 0.6 is 0 Å². The van der Waals surface area contributed by atoms with Gasteiger partial charge in [0.2, 0.25) is 11.8 Å². The Morgan fingerprint density at radius 3 is 2.08 bits per heavy atom. The highest BCUT2D eigenvalue weighted by Crippen LogP contribution is 2.18. The molecule has 140 valence electrons. The van der Waals surface area contributed by atoms with Crippen LogP contribution in [0.15, 0.2) is 18.2 Å². The maximum Gasteiger partial charge on any atom is 0.406 e. The summed E-state index contributed by atoms with van der Waals surface area (Å²) in [5.41, 5.74) is 1.97. The normalized spacial score (nSPS) is 11.2. The Hall–Kier alpha value is -2.25. The molecule has 0 aliphatic rings. The molecule has 0 spiro atoms. The van der Waals surface area contributed by atoms with Crippen molar-refractivity contribution in [2.24, 2.45) is 0 Å². The molecule has 25 heavy (non-hydrogen) atoms. The van der Waals surface area contributed by atoms with Gasteiger partial charge in [0.1, 0.15) is 18.8 Å². The quantitative estimate of drug-likeness (QED) is 0.751. The monoisotopic (exact) mass is 360 g/mol. The number of ether oxygens (including phenoxy) is 1. The Morgan fingerprint density at radius 1 is 1.04 bits per heavy atom. The van der Waals surface area contributed by atoms with Crippen LogP contribution in [0.2, 0.25) is 0 Å². The summed E-state index contributed by atoms with van der Waals surface area (Å²) in [5, 5.41) is 0. The molecule has 1 aromatic rings. The summed E-state index contributed by atoms with van der Waals surface area (Å²) >= 11 is 0. The van der Waals surface area contributed by atoms with E-state index < -0.39 is 31.1 Å². The first kappa shape index (κ1) is 20.8. The van der Waals surface area contributed by atoms with Crippen LogP contribution in [-0.2, 0) is 9.59 Å². The zero-order valence-corrected chi connectivity index (χ0v) is 14.8. The molecule has 0 saturated carbocycles. The summed E-state index contributed by atoms with van der Waals surface area (Å²) in [6.07, 6.45) is -4.82. The van der Waals surface area contributed by atoms with Crippen LogP contribution in [-0.4, -0.2) is 61.6 Å². The highest BCUT2D eigenvalue weighted by Gasteiger charge is 2.34.